The quantitative estimate of drug-likeness (QED) is 0.150. The van der Waals surface area contributed by atoms with Crippen LogP contribution < -0.4 is 0 Å². The van der Waals surface area contributed by atoms with E-state index in [1.54, 1.807) is 0 Å². The van der Waals surface area contributed by atoms with Crippen molar-refractivity contribution in [1.82, 2.24) is 8.75 Å². The molecule has 224 valence electrons. The van der Waals surface area contributed by atoms with Gasteiger partial charge in [-0.2, -0.15) is 8.75 Å². The summed E-state index contributed by atoms with van der Waals surface area (Å²) in [7, 11) is 0. The van der Waals surface area contributed by atoms with Crippen LogP contribution in [0.5, 0.6) is 0 Å². The van der Waals surface area contributed by atoms with Crippen LogP contribution in [0.3, 0.4) is 0 Å². The molecule has 0 N–H and O–H groups in total. The zero-order chi connectivity index (χ0) is 29.9. The van der Waals surface area contributed by atoms with Crippen LogP contribution in [0, 0.1) is 13.8 Å². The first-order chi connectivity index (χ1) is 19.4. The maximum Gasteiger partial charge on any atom is 0.114 e. The van der Waals surface area contributed by atoms with Gasteiger partial charge in [-0.15, -0.1) is 22.7 Å². The summed E-state index contributed by atoms with van der Waals surface area (Å²) in [5.74, 6) is 0. The molecule has 4 aromatic rings. The van der Waals surface area contributed by atoms with Gasteiger partial charge in [-0.1, -0.05) is 93.9 Å². The fraction of sp³-hybridized carbons (Fsp3) is 0.611. The molecule has 0 aliphatic carbocycles. The second kappa shape index (κ2) is 13.4. The van der Waals surface area contributed by atoms with E-state index in [4.69, 9.17) is 8.75 Å². The molecule has 3 aromatic heterocycles. The number of aromatic nitrogens is 2. The fourth-order valence-electron chi connectivity index (χ4n) is 6.08. The average Bonchev–Trinajstić information content (AvgIpc) is 3.64. The van der Waals surface area contributed by atoms with Gasteiger partial charge in [-0.05, 0) is 84.7 Å². The molecule has 4 rings (SSSR count). The van der Waals surface area contributed by atoms with Crippen molar-refractivity contribution < 1.29 is 0 Å². The van der Waals surface area contributed by atoms with Gasteiger partial charge < -0.3 is 0 Å². The largest absolute Gasteiger partial charge is 0.172 e. The van der Waals surface area contributed by atoms with E-state index in [1.165, 1.54) is 129 Å². The van der Waals surface area contributed by atoms with Gasteiger partial charge in [0.1, 0.15) is 11.0 Å². The van der Waals surface area contributed by atoms with Crippen LogP contribution in [-0.4, -0.2) is 8.75 Å². The van der Waals surface area contributed by atoms with Crippen molar-refractivity contribution in [3.63, 3.8) is 0 Å². The lowest BCUT2D eigenvalue weighted by Gasteiger charge is -2.19. The Hall–Kier alpha value is -1.56. The fourth-order valence-corrected chi connectivity index (χ4v) is 9.38. The molecule has 2 nitrogen and oxygen atoms in total. The molecule has 5 heteroatoms. The third-order valence-corrected chi connectivity index (χ3v) is 12.1. The van der Waals surface area contributed by atoms with Crippen molar-refractivity contribution in [3.05, 3.63) is 44.1 Å². The van der Waals surface area contributed by atoms with Crippen molar-refractivity contribution in [2.75, 3.05) is 0 Å². The number of hydrogen-bond acceptors (Lipinski definition) is 5. The molecule has 0 radical (unpaired) electrons. The maximum atomic E-state index is 4.96. The summed E-state index contributed by atoms with van der Waals surface area (Å²) in [6.45, 7) is 23.4. The number of rotatable bonds is 12. The lowest BCUT2D eigenvalue weighted by Crippen LogP contribution is -2.11. The van der Waals surface area contributed by atoms with Gasteiger partial charge in [0.25, 0.3) is 0 Å². The predicted molar refractivity (Wildman–Crippen MR) is 187 cm³/mol. The Labute approximate surface area is 262 Å². The van der Waals surface area contributed by atoms with Crippen molar-refractivity contribution in [2.24, 2.45) is 0 Å². The number of unbranched alkanes of at least 4 members (excludes halogenated alkanes) is 6. The molecular weight excluding hydrogens is 557 g/mol. The first-order valence-corrected chi connectivity index (χ1v) is 18.3. The Bertz CT molecular complexity index is 1340. The first kappa shape index (κ1) is 32.4. The molecule has 1 aromatic carbocycles. The summed E-state index contributed by atoms with van der Waals surface area (Å²) in [6, 6.07) is 4.99. The van der Waals surface area contributed by atoms with Crippen LogP contribution in [0.15, 0.2) is 12.1 Å². The highest BCUT2D eigenvalue weighted by Crippen LogP contribution is 2.48. The standard InChI is InChI=1S/C36H52N2S3/c1-11-13-15-17-19-25-21-27(39-33(25)35(5,6)7)29-23(3)24(4)30(32-31(29)37-41-38-32)28-22-26(20-18-16-14-12-2)34(40-28)36(8,9)10/h21-22H,11-20H2,1-10H3. The number of fused-ring (bicyclic) bond motifs is 1. The maximum absolute atomic E-state index is 4.96. The topological polar surface area (TPSA) is 25.8 Å². The lowest BCUT2D eigenvalue weighted by molar-refractivity contribution is 0.590. The average molecular weight is 609 g/mol. The molecule has 0 aliphatic rings. The lowest BCUT2D eigenvalue weighted by atomic mass is 9.88. The predicted octanol–water partition coefficient (Wildman–Crippen LogP) is 12.6. The van der Waals surface area contributed by atoms with Gasteiger partial charge >= 0.3 is 0 Å². The SMILES string of the molecule is CCCCCCc1cc(-c2c(C)c(C)c(-c3cc(CCCCCC)c(C(C)(C)C)s3)c3nsnc23)sc1C(C)(C)C. The Morgan fingerprint density at radius 2 is 0.976 bits per heavy atom. The van der Waals surface area contributed by atoms with E-state index >= 15 is 0 Å². The minimum Gasteiger partial charge on any atom is -0.172 e. The summed E-state index contributed by atoms with van der Waals surface area (Å²) < 4.78 is 9.92. The Morgan fingerprint density at radius 3 is 1.32 bits per heavy atom. The number of thiophene rings is 2. The van der Waals surface area contributed by atoms with Crippen molar-refractivity contribution in [1.29, 1.82) is 0 Å². The van der Waals surface area contributed by atoms with Crippen molar-refractivity contribution in [3.8, 4) is 20.9 Å². The van der Waals surface area contributed by atoms with Gasteiger partial charge in [-0.3, -0.25) is 0 Å². The molecule has 3 heterocycles. The van der Waals surface area contributed by atoms with Crippen LogP contribution in [0.1, 0.15) is 139 Å². The van der Waals surface area contributed by atoms with Crippen LogP contribution in [0.4, 0.5) is 0 Å². The van der Waals surface area contributed by atoms with Crippen LogP contribution in [0.25, 0.3) is 31.9 Å². The molecular formula is C36H52N2S3. The number of aryl methyl sites for hydroxylation is 2. The zero-order valence-electron chi connectivity index (χ0n) is 27.3. The monoisotopic (exact) mass is 608 g/mol. The van der Waals surface area contributed by atoms with Gasteiger partial charge in [-0.25, -0.2) is 0 Å². The van der Waals surface area contributed by atoms with Crippen LogP contribution in [0.2, 0.25) is 0 Å². The van der Waals surface area contributed by atoms with Gasteiger partial charge in [0.05, 0.1) is 11.7 Å². The molecule has 0 atom stereocenters. The zero-order valence-corrected chi connectivity index (χ0v) is 29.8. The second-order valence-electron chi connectivity index (χ2n) is 14.0. The Morgan fingerprint density at radius 1 is 0.585 bits per heavy atom. The molecule has 41 heavy (non-hydrogen) atoms. The number of nitrogens with zero attached hydrogens (tertiary/aromatic N) is 2. The number of hydrogen-bond donors (Lipinski definition) is 0. The first-order valence-electron chi connectivity index (χ1n) is 15.9. The third kappa shape index (κ3) is 7.16. The van der Waals surface area contributed by atoms with E-state index in [0.29, 0.717) is 0 Å². The molecule has 0 fully saturated rings. The minimum atomic E-state index is 0.138. The Kier molecular flexibility index (Phi) is 10.6. The van der Waals surface area contributed by atoms with Gasteiger partial charge in [0.15, 0.2) is 0 Å². The molecule has 0 saturated heterocycles. The highest BCUT2D eigenvalue weighted by atomic mass is 32.1. The molecule has 0 bridgehead atoms. The minimum absolute atomic E-state index is 0.138. The van der Waals surface area contributed by atoms with E-state index in [2.05, 4.69) is 81.4 Å². The van der Waals surface area contributed by atoms with Gasteiger partial charge in [0, 0.05) is 30.6 Å². The van der Waals surface area contributed by atoms with E-state index in [9.17, 15) is 0 Å². The normalized spacial score (nSPS) is 12.6. The molecule has 0 amide bonds. The summed E-state index contributed by atoms with van der Waals surface area (Å²) >= 11 is 5.35. The number of benzene rings is 1. The molecule has 0 saturated carbocycles. The molecule has 0 aliphatic heterocycles. The van der Waals surface area contributed by atoms with E-state index < -0.39 is 0 Å². The summed E-state index contributed by atoms with van der Waals surface area (Å²) in [6.07, 6.45) is 12.7. The molecule has 0 spiro atoms. The second-order valence-corrected chi connectivity index (χ2v) is 16.6. The van der Waals surface area contributed by atoms with Crippen LogP contribution in [-0.2, 0) is 23.7 Å². The third-order valence-electron chi connectivity index (χ3n) is 8.35. The van der Waals surface area contributed by atoms with Crippen molar-refractivity contribution >= 4 is 45.4 Å². The highest BCUT2D eigenvalue weighted by Gasteiger charge is 2.28. The smallest absolute Gasteiger partial charge is 0.114 e. The summed E-state index contributed by atoms with van der Waals surface area (Å²) in [5, 5.41) is 0. The van der Waals surface area contributed by atoms with Gasteiger partial charge in [0.2, 0.25) is 0 Å². The summed E-state index contributed by atoms with van der Waals surface area (Å²) in [5.41, 5.74) is 10.8. The van der Waals surface area contributed by atoms with Crippen LogP contribution >= 0.6 is 34.4 Å². The molecule has 0 unspecified atom stereocenters. The van der Waals surface area contributed by atoms with E-state index in [1.807, 2.05) is 22.7 Å². The van der Waals surface area contributed by atoms with E-state index in [0.717, 1.165) is 11.0 Å². The van der Waals surface area contributed by atoms with E-state index in [-0.39, 0.29) is 10.8 Å². The Balaban J connectivity index is 1.82. The van der Waals surface area contributed by atoms with Crippen molar-refractivity contribution in [2.45, 2.75) is 144 Å². The highest BCUT2D eigenvalue weighted by molar-refractivity contribution is 7.16. The summed E-state index contributed by atoms with van der Waals surface area (Å²) in [4.78, 5) is 5.79.